The van der Waals surface area contributed by atoms with E-state index in [9.17, 15) is 4.79 Å². The SMILES string of the molecule is Cc1cccc(Cl)c1NC(=O)CN=[N+]=[N-]. The second-order valence-corrected chi connectivity index (χ2v) is 3.28. The molecular formula is C9H9ClN4O. The van der Waals surface area contributed by atoms with Gasteiger partial charge in [0.15, 0.2) is 0 Å². The molecule has 0 aliphatic carbocycles. The van der Waals surface area contributed by atoms with Crippen LogP contribution in [0.2, 0.25) is 5.02 Å². The Morgan fingerprint density at radius 3 is 3.00 bits per heavy atom. The predicted molar refractivity (Wildman–Crippen MR) is 58.8 cm³/mol. The number of hydrogen-bond acceptors (Lipinski definition) is 2. The highest BCUT2D eigenvalue weighted by molar-refractivity contribution is 6.33. The third-order valence-corrected chi connectivity index (χ3v) is 2.08. The minimum Gasteiger partial charge on any atom is -0.324 e. The average molecular weight is 225 g/mol. The smallest absolute Gasteiger partial charge is 0.230 e. The number of azide groups is 1. The highest BCUT2D eigenvalue weighted by Gasteiger charge is 2.06. The maximum Gasteiger partial charge on any atom is 0.230 e. The lowest BCUT2D eigenvalue weighted by atomic mass is 10.2. The van der Waals surface area contributed by atoms with E-state index in [1.165, 1.54) is 0 Å². The molecule has 15 heavy (non-hydrogen) atoms. The van der Waals surface area contributed by atoms with Gasteiger partial charge in [0.1, 0.15) is 6.54 Å². The van der Waals surface area contributed by atoms with Gasteiger partial charge < -0.3 is 5.32 Å². The summed E-state index contributed by atoms with van der Waals surface area (Å²) < 4.78 is 0. The van der Waals surface area contributed by atoms with Crippen molar-refractivity contribution in [3.8, 4) is 0 Å². The van der Waals surface area contributed by atoms with E-state index in [0.717, 1.165) is 5.56 Å². The molecule has 0 saturated carbocycles. The molecule has 1 aromatic rings. The Kier molecular flexibility index (Phi) is 3.97. The summed E-state index contributed by atoms with van der Waals surface area (Å²) in [4.78, 5) is 13.7. The number of nitrogens with one attached hydrogen (secondary N) is 1. The van der Waals surface area contributed by atoms with Crippen molar-refractivity contribution in [3.05, 3.63) is 39.2 Å². The summed E-state index contributed by atoms with van der Waals surface area (Å²) in [5.74, 6) is -0.385. The van der Waals surface area contributed by atoms with Crippen LogP contribution < -0.4 is 5.32 Å². The van der Waals surface area contributed by atoms with Crippen LogP contribution in [0.15, 0.2) is 23.3 Å². The molecule has 0 aliphatic rings. The fraction of sp³-hybridized carbons (Fsp3) is 0.222. The maximum atomic E-state index is 11.2. The van der Waals surface area contributed by atoms with Crippen LogP contribution >= 0.6 is 11.6 Å². The first kappa shape index (κ1) is 11.4. The van der Waals surface area contributed by atoms with Crippen molar-refractivity contribution in [3.63, 3.8) is 0 Å². The molecule has 0 unspecified atom stereocenters. The maximum absolute atomic E-state index is 11.2. The second kappa shape index (κ2) is 5.24. The molecule has 5 nitrogen and oxygen atoms in total. The molecule has 78 valence electrons. The largest absolute Gasteiger partial charge is 0.324 e. The van der Waals surface area contributed by atoms with Crippen molar-refractivity contribution < 1.29 is 4.79 Å². The van der Waals surface area contributed by atoms with Gasteiger partial charge in [0, 0.05) is 4.91 Å². The van der Waals surface area contributed by atoms with Crippen LogP contribution in [-0.2, 0) is 4.79 Å². The summed E-state index contributed by atoms with van der Waals surface area (Å²) in [6.07, 6.45) is 0. The van der Waals surface area contributed by atoms with E-state index in [1.54, 1.807) is 12.1 Å². The molecule has 1 aromatic carbocycles. The van der Waals surface area contributed by atoms with E-state index in [2.05, 4.69) is 15.3 Å². The van der Waals surface area contributed by atoms with Gasteiger partial charge in [0.05, 0.1) is 10.7 Å². The molecular weight excluding hydrogens is 216 g/mol. The summed E-state index contributed by atoms with van der Waals surface area (Å²) in [6.45, 7) is 1.59. The number of amides is 1. The fourth-order valence-corrected chi connectivity index (χ4v) is 1.33. The summed E-state index contributed by atoms with van der Waals surface area (Å²) in [7, 11) is 0. The molecule has 1 N–H and O–H groups in total. The van der Waals surface area contributed by atoms with Crippen LogP contribution in [0.4, 0.5) is 5.69 Å². The molecule has 0 atom stereocenters. The van der Waals surface area contributed by atoms with E-state index in [-0.39, 0.29) is 12.5 Å². The zero-order chi connectivity index (χ0) is 11.3. The van der Waals surface area contributed by atoms with Crippen molar-refractivity contribution in [2.24, 2.45) is 5.11 Å². The number of carbonyl (C=O) groups is 1. The van der Waals surface area contributed by atoms with Crippen LogP contribution in [-0.4, -0.2) is 12.5 Å². The zero-order valence-electron chi connectivity index (χ0n) is 8.07. The highest BCUT2D eigenvalue weighted by atomic mass is 35.5. The van der Waals surface area contributed by atoms with Gasteiger partial charge >= 0.3 is 0 Å². The Morgan fingerprint density at radius 1 is 1.67 bits per heavy atom. The van der Waals surface area contributed by atoms with Crippen molar-refractivity contribution in [1.82, 2.24) is 0 Å². The first-order valence-corrected chi connectivity index (χ1v) is 4.58. The number of rotatable bonds is 3. The summed E-state index contributed by atoms with van der Waals surface area (Å²) in [5.41, 5.74) is 9.45. The lowest BCUT2D eigenvalue weighted by Crippen LogP contribution is -2.15. The fourth-order valence-electron chi connectivity index (χ4n) is 1.07. The van der Waals surface area contributed by atoms with Gasteiger partial charge in [-0.15, -0.1) is 0 Å². The number of anilines is 1. The number of nitrogens with zero attached hydrogens (tertiary/aromatic N) is 3. The third kappa shape index (κ3) is 3.16. The number of hydrogen-bond donors (Lipinski definition) is 1. The molecule has 0 spiro atoms. The Morgan fingerprint density at radius 2 is 2.40 bits per heavy atom. The normalized spacial score (nSPS) is 9.20. The number of halogens is 1. The van der Waals surface area contributed by atoms with Crippen molar-refractivity contribution in [2.45, 2.75) is 6.92 Å². The van der Waals surface area contributed by atoms with Crippen LogP contribution in [0.5, 0.6) is 0 Å². The molecule has 0 saturated heterocycles. The Labute approximate surface area is 91.7 Å². The van der Waals surface area contributed by atoms with Crippen LogP contribution in [0, 0.1) is 6.92 Å². The number of aryl methyl sites for hydroxylation is 1. The Balaban J connectivity index is 2.80. The van der Waals surface area contributed by atoms with Gasteiger partial charge in [-0.05, 0) is 24.1 Å². The Hall–Kier alpha value is -1.71. The van der Waals surface area contributed by atoms with E-state index in [1.807, 2.05) is 13.0 Å². The first-order chi connectivity index (χ1) is 7.15. The summed E-state index contributed by atoms with van der Waals surface area (Å²) in [6, 6.07) is 5.30. The number of carbonyl (C=O) groups excluding carboxylic acids is 1. The lowest BCUT2D eigenvalue weighted by Gasteiger charge is -2.08. The third-order valence-electron chi connectivity index (χ3n) is 1.76. The van der Waals surface area contributed by atoms with Crippen LogP contribution in [0.1, 0.15) is 5.56 Å². The van der Waals surface area contributed by atoms with E-state index in [0.29, 0.717) is 10.7 Å². The quantitative estimate of drug-likeness (QED) is 0.478. The first-order valence-electron chi connectivity index (χ1n) is 4.21. The number of para-hydroxylation sites is 1. The highest BCUT2D eigenvalue weighted by Crippen LogP contribution is 2.24. The molecule has 6 heteroatoms. The van der Waals surface area contributed by atoms with Gasteiger partial charge in [-0.3, -0.25) is 4.79 Å². The lowest BCUT2D eigenvalue weighted by molar-refractivity contribution is -0.114. The molecule has 0 aromatic heterocycles. The molecule has 0 heterocycles. The van der Waals surface area contributed by atoms with E-state index < -0.39 is 0 Å². The molecule has 1 rings (SSSR count). The van der Waals surface area contributed by atoms with E-state index >= 15 is 0 Å². The standard InChI is InChI=1S/C9H9ClN4O/c1-6-3-2-4-7(10)9(6)13-8(15)5-12-14-11/h2-4H,5H2,1H3,(H,13,15). The van der Waals surface area contributed by atoms with Gasteiger partial charge in [0.25, 0.3) is 0 Å². The second-order valence-electron chi connectivity index (χ2n) is 2.87. The Bertz CT molecular complexity index is 406. The molecule has 1 amide bonds. The van der Waals surface area contributed by atoms with E-state index in [4.69, 9.17) is 17.1 Å². The topological polar surface area (TPSA) is 77.9 Å². The summed E-state index contributed by atoms with van der Waals surface area (Å²) >= 11 is 5.89. The summed E-state index contributed by atoms with van der Waals surface area (Å²) in [5, 5.41) is 6.19. The molecule has 0 fully saturated rings. The van der Waals surface area contributed by atoms with Gasteiger partial charge in [-0.2, -0.15) is 0 Å². The molecule has 0 bridgehead atoms. The van der Waals surface area contributed by atoms with Crippen molar-refractivity contribution >= 4 is 23.2 Å². The van der Waals surface area contributed by atoms with Gasteiger partial charge in [0.2, 0.25) is 5.91 Å². The minimum atomic E-state index is -0.385. The van der Waals surface area contributed by atoms with Crippen molar-refractivity contribution in [2.75, 3.05) is 11.9 Å². The van der Waals surface area contributed by atoms with Gasteiger partial charge in [-0.1, -0.05) is 28.8 Å². The predicted octanol–water partition coefficient (Wildman–Crippen LogP) is 2.90. The average Bonchev–Trinajstić information content (AvgIpc) is 2.21. The monoisotopic (exact) mass is 224 g/mol. The van der Waals surface area contributed by atoms with Crippen molar-refractivity contribution in [1.29, 1.82) is 0 Å². The van der Waals surface area contributed by atoms with Gasteiger partial charge in [-0.25, -0.2) is 0 Å². The van der Waals surface area contributed by atoms with Crippen LogP contribution in [0.25, 0.3) is 10.4 Å². The molecule has 0 radical (unpaired) electrons. The zero-order valence-corrected chi connectivity index (χ0v) is 8.82. The molecule has 0 aliphatic heterocycles. The number of benzene rings is 1. The van der Waals surface area contributed by atoms with Crippen LogP contribution in [0.3, 0.4) is 0 Å². The minimum absolute atomic E-state index is 0.235.